The van der Waals surface area contributed by atoms with Crippen molar-refractivity contribution in [3.63, 3.8) is 0 Å². The van der Waals surface area contributed by atoms with Gasteiger partial charge in [0, 0.05) is 17.0 Å². The third-order valence-corrected chi connectivity index (χ3v) is 8.57. The van der Waals surface area contributed by atoms with Crippen molar-refractivity contribution in [2.24, 2.45) is 28.3 Å². The molecule has 0 unspecified atom stereocenters. The number of hydrogen-bond acceptors (Lipinski definition) is 4. The fourth-order valence-electron chi connectivity index (χ4n) is 6.64. The van der Waals surface area contributed by atoms with Crippen molar-refractivity contribution in [2.45, 2.75) is 58.8 Å². The van der Waals surface area contributed by atoms with Crippen LogP contribution in [-0.4, -0.2) is 17.5 Å². The van der Waals surface area contributed by atoms with Gasteiger partial charge in [-0.15, -0.1) is 11.3 Å². The zero-order chi connectivity index (χ0) is 22.3. The summed E-state index contributed by atoms with van der Waals surface area (Å²) in [5.74, 6) is 2.49. The summed E-state index contributed by atoms with van der Waals surface area (Å²) < 4.78 is 0. The number of nitrogens with zero attached hydrogens (tertiary/aromatic N) is 1. The number of carbonyl (C=O) groups is 2. The molecule has 0 atom stereocenters. The van der Waals surface area contributed by atoms with Crippen LogP contribution in [0, 0.1) is 30.1 Å². The number of aryl methyl sites for hydroxylation is 1. The van der Waals surface area contributed by atoms with Crippen molar-refractivity contribution in [1.82, 2.24) is 5.43 Å². The van der Waals surface area contributed by atoms with Gasteiger partial charge >= 0.3 is 0 Å². The van der Waals surface area contributed by atoms with Gasteiger partial charge in [-0.2, -0.15) is 5.10 Å². The molecule has 0 radical (unpaired) electrons. The zero-order valence-electron chi connectivity index (χ0n) is 18.8. The highest BCUT2D eigenvalue weighted by Crippen LogP contribution is 2.61. The van der Waals surface area contributed by atoms with Crippen LogP contribution in [0.25, 0.3) is 0 Å². The second-order valence-corrected chi connectivity index (χ2v) is 11.6. The van der Waals surface area contributed by atoms with Gasteiger partial charge in [0.25, 0.3) is 5.91 Å². The summed E-state index contributed by atoms with van der Waals surface area (Å²) in [5, 5.41) is 7.29. The number of benzene rings is 1. The number of rotatable bonds is 6. The van der Waals surface area contributed by atoms with E-state index in [2.05, 4.69) is 15.8 Å². The topological polar surface area (TPSA) is 70.6 Å². The molecule has 6 heteroatoms. The van der Waals surface area contributed by atoms with Gasteiger partial charge < -0.3 is 5.32 Å². The van der Waals surface area contributed by atoms with Crippen LogP contribution >= 0.6 is 11.3 Å². The predicted octanol–water partition coefficient (Wildman–Crippen LogP) is 5.76. The van der Waals surface area contributed by atoms with Gasteiger partial charge in [0.1, 0.15) is 0 Å². The Hall–Kier alpha value is -2.47. The molecule has 6 rings (SSSR count). The van der Waals surface area contributed by atoms with E-state index in [1.54, 1.807) is 0 Å². The van der Waals surface area contributed by atoms with Crippen molar-refractivity contribution in [3.8, 4) is 0 Å². The lowest BCUT2D eigenvalue weighted by Crippen LogP contribution is -2.47. The first-order valence-corrected chi connectivity index (χ1v) is 12.5. The number of nitrogens with one attached hydrogen (secondary N) is 2. The second kappa shape index (κ2) is 8.47. The largest absolute Gasteiger partial charge is 0.321 e. The maximum Gasteiger partial charge on any atom is 0.265 e. The molecule has 0 saturated heterocycles. The van der Waals surface area contributed by atoms with E-state index < -0.39 is 0 Å². The fraction of sp³-hybridized carbons (Fsp3) is 0.500. The first-order valence-electron chi connectivity index (χ1n) is 11.7. The van der Waals surface area contributed by atoms with E-state index in [-0.39, 0.29) is 17.2 Å². The third kappa shape index (κ3) is 4.51. The highest BCUT2D eigenvalue weighted by Gasteiger charge is 2.51. The minimum atomic E-state index is -0.0989. The average molecular weight is 450 g/mol. The summed E-state index contributed by atoms with van der Waals surface area (Å²) in [6.45, 7) is 3.88. The Kier molecular flexibility index (Phi) is 5.66. The minimum Gasteiger partial charge on any atom is -0.321 e. The lowest BCUT2D eigenvalue weighted by molar-refractivity contribution is -0.129. The summed E-state index contributed by atoms with van der Waals surface area (Å²) in [4.78, 5) is 26.8. The van der Waals surface area contributed by atoms with Crippen LogP contribution < -0.4 is 10.7 Å². The van der Waals surface area contributed by atoms with Crippen LogP contribution in [0.2, 0.25) is 0 Å². The number of thiophene rings is 1. The lowest BCUT2D eigenvalue weighted by atomic mass is 9.49. The summed E-state index contributed by atoms with van der Waals surface area (Å²) in [6, 6.07) is 11.3. The Morgan fingerprint density at radius 1 is 1.00 bits per heavy atom. The van der Waals surface area contributed by atoms with Gasteiger partial charge in [-0.25, -0.2) is 5.43 Å². The Morgan fingerprint density at radius 2 is 1.62 bits per heavy atom. The Labute approximate surface area is 193 Å². The van der Waals surface area contributed by atoms with Gasteiger partial charge in [-0.05, 0) is 105 Å². The first kappa shape index (κ1) is 21.4. The zero-order valence-corrected chi connectivity index (χ0v) is 19.6. The normalized spacial score (nSPS) is 28.6. The van der Waals surface area contributed by atoms with Crippen molar-refractivity contribution in [1.29, 1.82) is 0 Å². The molecule has 168 valence electrons. The second-order valence-electron chi connectivity index (χ2n) is 10.3. The lowest BCUT2D eigenvalue weighted by Gasteiger charge is -2.56. The smallest absolute Gasteiger partial charge is 0.265 e. The van der Waals surface area contributed by atoms with Crippen LogP contribution in [0.15, 0.2) is 41.5 Å². The molecule has 4 aliphatic rings. The molecule has 2 amide bonds. The van der Waals surface area contributed by atoms with Gasteiger partial charge in [0.05, 0.1) is 10.6 Å². The number of anilines is 1. The minimum absolute atomic E-state index is 0.0430. The van der Waals surface area contributed by atoms with E-state index in [1.807, 2.05) is 50.2 Å². The Balaban J connectivity index is 1.16. The SMILES string of the molecule is C/C(=N\NC(=O)CC12CC3CC(CC(C3)C1)C2)c1ccc(NC(=O)c2ccc(C)s2)cc1. The molecule has 5 nitrogen and oxygen atoms in total. The summed E-state index contributed by atoms with van der Waals surface area (Å²) in [7, 11) is 0. The summed E-state index contributed by atoms with van der Waals surface area (Å²) >= 11 is 1.48. The van der Waals surface area contributed by atoms with Gasteiger partial charge in [0.2, 0.25) is 5.91 Å². The maximum atomic E-state index is 12.7. The van der Waals surface area contributed by atoms with Crippen molar-refractivity contribution >= 4 is 34.6 Å². The van der Waals surface area contributed by atoms with Crippen molar-refractivity contribution < 1.29 is 9.59 Å². The summed E-state index contributed by atoms with van der Waals surface area (Å²) in [5.41, 5.74) is 5.45. The monoisotopic (exact) mass is 449 g/mol. The van der Waals surface area contributed by atoms with E-state index in [1.165, 1.54) is 49.9 Å². The average Bonchev–Trinajstić information content (AvgIpc) is 3.18. The van der Waals surface area contributed by atoms with Crippen LogP contribution in [0.1, 0.15) is 72.0 Å². The van der Waals surface area contributed by atoms with Crippen LogP contribution in [-0.2, 0) is 4.79 Å². The van der Waals surface area contributed by atoms with Gasteiger partial charge in [-0.3, -0.25) is 9.59 Å². The van der Waals surface area contributed by atoms with E-state index >= 15 is 0 Å². The van der Waals surface area contributed by atoms with Crippen molar-refractivity contribution in [3.05, 3.63) is 51.7 Å². The van der Waals surface area contributed by atoms with Gasteiger partial charge in [-0.1, -0.05) is 12.1 Å². The standard InChI is InChI=1S/C26H31N3O2S/c1-16-3-8-23(32-16)25(31)27-22-6-4-21(5-7-22)17(2)28-29-24(30)15-26-12-18-9-19(13-26)11-20(10-18)14-26/h3-8,18-20H,9-15H2,1-2H3,(H,27,31)(H,29,30)/b28-17+. The summed E-state index contributed by atoms with van der Waals surface area (Å²) in [6.07, 6.45) is 8.47. The molecule has 0 spiro atoms. The number of hydrogen-bond donors (Lipinski definition) is 2. The van der Waals surface area contributed by atoms with Crippen LogP contribution in [0.3, 0.4) is 0 Å². The van der Waals surface area contributed by atoms with Crippen LogP contribution in [0.5, 0.6) is 0 Å². The number of amides is 2. The molecule has 2 aromatic rings. The van der Waals surface area contributed by atoms with Gasteiger partial charge in [0.15, 0.2) is 0 Å². The van der Waals surface area contributed by atoms with E-state index in [9.17, 15) is 9.59 Å². The molecule has 4 bridgehead atoms. The molecule has 4 aliphatic carbocycles. The fourth-order valence-corrected chi connectivity index (χ4v) is 7.40. The van der Waals surface area contributed by atoms with Crippen LogP contribution in [0.4, 0.5) is 5.69 Å². The van der Waals surface area contributed by atoms with Crippen molar-refractivity contribution in [2.75, 3.05) is 5.32 Å². The number of hydrazone groups is 1. The molecule has 1 aromatic carbocycles. The Bertz CT molecular complexity index is 1020. The molecule has 4 fully saturated rings. The molecule has 1 heterocycles. The third-order valence-electron chi connectivity index (χ3n) is 7.57. The molecular formula is C26H31N3O2S. The van der Waals surface area contributed by atoms with E-state index in [0.29, 0.717) is 11.3 Å². The predicted molar refractivity (Wildman–Crippen MR) is 129 cm³/mol. The maximum absolute atomic E-state index is 12.7. The Morgan fingerprint density at radius 3 is 2.19 bits per heavy atom. The number of carbonyl (C=O) groups excluding carboxylic acids is 2. The molecule has 0 aliphatic heterocycles. The molecule has 4 saturated carbocycles. The molecule has 32 heavy (non-hydrogen) atoms. The quantitative estimate of drug-likeness (QED) is 0.435. The molecule has 2 N–H and O–H groups in total. The molecule has 1 aromatic heterocycles. The molecular weight excluding hydrogens is 418 g/mol. The van der Waals surface area contributed by atoms with E-state index in [0.717, 1.165) is 39.6 Å². The highest BCUT2D eigenvalue weighted by atomic mass is 32.1. The first-order chi connectivity index (χ1) is 15.4. The van der Waals surface area contributed by atoms with E-state index in [4.69, 9.17) is 0 Å². The highest BCUT2D eigenvalue weighted by molar-refractivity contribution is 7.14.